The summed E-state index contributed by atoms with van der Waals surface area (Å²) in [5.74, 6) is 0.904. The standard InChI is InChI=1S/C12H21NO2Si/c1-4-13-16(15-5-2)10-11-6-8-12(14-3)9-7-11/h6-9,13,16H,4-5,10H2,1-3H3. The highest BCUT2D eigenvalue weighted by atomic mass is 28.3. The van der Waals surface area contributed by atoms with Crippen LogP contribution in [-0.4, -0.2) is 29.5 Å². The summed E-state index contributed by atoms with van der Waals surface area (Å²) in [7, 11) is 0.410. The lowest BCUT2D eigenvalue weighted by molar-refractivity contribution is 0.332. The number of ether oxygens (including phenoxy) is 1. The molecule has 1 atom stereocenters. The highest BCUT2D eigenvalue weighted by molar-refractivity contribution is 6.48. The van der Waals surface area contributed by atoms with E-state index in [1.54, 1.807) is 7.11 Å². The van der Waals surface area contributed by atoms with Gasteiger partial charge < -0.3 is 14.1 Å². The first-order valence-electron chi connectivity index (χ1n) is 5.78. The first-order chi connectivity index (χ1) is 7.80. The minimum Gasteiger partial charge on any atom is -0.497 e. The normalized spacial score (nSPS) is 12.4. The zero-order chi connectivity index (χ0) is 11.8. The Balaban J connectivity index is 2.54. The maximum atomic E-state index is 5.74. The maximum Gasteiger partial charge on any atom is 0.256 e. The summed E-state index contributed by atoms with van der Waals surface area (Å²) in [5, 5.41) is 0. The van der Waals surface area contributed by atoms with E-state index in [-0.39, 0.29) is 0 Å². The second kappa shape index (κ2) is 7.43. The fourth-order valence-corrected chi connectivity index (χ4v) is 3.53. The Kier molecular flexibility index (Phi) is 6.14. The smallest absolute Gasteiger partial charge is 0.256 e. The summed E-state index contributed by atoms with van der Waals surface area (Å²) >= 11 is 0. The molecule has 1 aromatic carbocycles. The van der Waals surface area contributed by atoms with Gasteiger partial charge in [0.05, 0.1) is 7.11 Å². The summed E-state index contributed by atoms with van der Waals surface area (Å²) in [6.07, 6.45) is 0. The van der Waals surface area contributed by atoms with Gasteiger partial charge in [0.15, 0.2) is 0 Å². The molecule has 4 heteroatoms. The lowest BCUT2D eigenvalue weighted by Gasteiger charge is -2.15. The van der Waals surface area contributed by atoms with E-state index in [0.717, 1.165) is 24.9 Å². The van der Waals surface area contributed by atoms with Crippen LogP contribution in [0.3, 0.4) is 0 Å². The summed E-state index contributed by atoms with van der Waals surface area (Å²) in [6.45, 7) is 5.94. The Labute approximate surface area is 99.6 Å². The average Bonchev–Trinajstić information content (AvgIpc) is 2.31. The van der Waals surface area contributed by atoms with Crippen molar-refractivity contribution >= 4 is 9.20 Å². The molecule has 0 amide bonds. The predicted octanol–water partition coefficient (Wildman–Crippen LogP) is 1.64. The van der Waals surface area contributed by atoms with E-state index in [1.165, 1.54) is 5.56 Å². The molecule has 1 unspecified atom stereocenters. The largest absolute Gasteiger partial charge is 0.497 e. The van der Waals surface area contributed by atoms with E-state index in [9.17, 15) is 0 Å². The Morgan fingerprint density at radius 1 is 1.19 bits per heavy atom. The number of rotatable bonds is 7. The van der Waals surface area contributed by atoms with E-state index in [1.807, 2.05) is 19.1 Å². The van der Waals surface area contributed by atoms with E-state index in [2.05, 4.69) is 24.0 Å². The lowest BCUT2D eigenvalue weighted by Crippen LogP contribution is -2.39. The molecule has 3 nitrogen and oxygen atoms in total. The molecule has 0 saturated carbocycles. The zero-order valence-corrected chi connectivity index (χ0v) is 11.5. The van der Waals surface area contributed by atoms with Crippen LogP contribution >= 0.6 is 0 Å². The molecule has 0 spiro atoms. The van der Waals surface area contributed by atoms with Crippen molar-refractivity contribution in [1.29, 1.82) is 0 Å². The van der Waals surface area contributed by atoms with Gasteiger partial charge in [-0.05, 0) is 31.2 Å². The summed E-state index contributed by atoms with van der Waals surface area (Å²) < 4.78 is 10.9. The van der Waals surface area contributed by atoms with Gasteiger partial charge in [-0.2, -0.15) is 0 Å². The van der Waals surface area contributed by atoms with Crippen molar-refractivity contribution in [1.82, 2.24) is 4.98 Å². The summed E-state index contributed by atoms with van der Waals surface area (Å²) in [6, 6.07) is 9.23. The van der Waals surface area contributed by atoms with Crippen LogP contribution in [-0.2, 0) is 10.5 Å². The van der Waals surface area contributed by atoms with Crippen LogP contribution in [0, 0.1) is 0 Å². The van der Waals surface area contributed by atoms with Crippen molar-refractivity contribution in [2.45, 2.75) is 19.9 Å². The minimum absolute atomic E-state index is 0.792. The fraction of sp³-hybridized carbons (Fsp3) is 0.500. The van der Waals surface area contributed by atoms with Gasteiger partial charge in [0.2, 0.25) is 0 Å². The highest BCUT2D eigenvalue weighted by Gasteiger charge is 2.10. The quantitative estimate of drug-likeness (QED) is 0.734. The van der Waals surface area contributed by atoms with Crippen LogP contribution in [0.4, 0.5) is 0 Å². The third kappa shape index (κ3) is 4.34. The molecule has 0 aliphatic carbocycles. The number of methoxy groups -OCH3 is 1. The molecule has 0 aliphatic heterocycles. The summed E-state index contributed by atoms with van der Waals surface area (Å²) in [4.78, 5) is 3.45. The molecule has 1 rings (SSSR count). The third-order valence-electron chi connectivity index (χ3n) is 2.38. The molecule has 0 heterocycles. The lowest BCUT2D eigenvalue weighted by atomic mass is 10.2. The topological polar surface area (TPSA) is 30.5 Å². The van der Waals surface area contributed by atoms with Crippen molar-refractivity contribution in [3.05, 3.63) is 29.8 Å². The molecule has 0 saturated heterocycles. The van der Waals surface area contributed by atoms with Crippen LogP contribution in [0.25, 0.3) is 0 Å². The van der Waals surface area contributed by atoms with Gasteiger partial charge in [0.1, 0.15) is 5.75 Å². The van der Waals surface area contributed by atoms with Crippen molar-refractivity contribution < 1.29 is 9.16 Å². The first kappa shape index (κ1) is 13.2. The number of nitrogens with one attached hydrogen (secondary N) is 1. The van der Waals surface area contributed by atoms with Gasteiger partial charge in [-0.1, -0.05) is 19.1 Å². The number of hydrogen-bond donors (Lipinski definition) is 1. The first-order valence-corrected chi connectivity index (χ1v) is 7.64. The minimum atomic E-state index is -1.28. The molecule has 90 valence electrons. The van der Waals surface area contributed by atoms with Crippen molar-refractivity contribution in [3.8, 4) is 5.75 Å². The molecule has 1 N–H and O–H groups in total. The second-order valence-electron chi connectivity index (χ2n) is 3.55. The Morgan fingerprint density at radius 2 is 1.88 bits per heavy atom. The molecule has 16 heavy (non-hydrogen) atoms. The van der Waals surface area contributed by atoms with E-state index >= 15 is 0 Å². The Morgan fingerprint density at radius 3 is 2.38 bits per heavy atom. The van der Waals surface area contributed by atoms with Gasteiger partial charge in [0, 0.05) is 12.7 Å². The van der Waals surface area contributed by atoms with Gasteiger partial charge in [0.25, 0.3) is 9.20 Å². The molecule has 0 aromatic heterocycles. The second-order valence-corrected chi connectivity index (χ2v) is 5.68. The van der Waals surface area contributed by atoms with E-state index in [0.29, 0.717) is 0 Å². The molecule has 0 aliphatic rings. The van der Waals surface area contributed by atoms with E-state index in [4.69, 9.17) is 9.16 Å². The average molecular weight is 239 g/mol. The molecular formula is C12H21NO2Si. The number of benzene rings is 1. The third-order valence-corrected chi connectivity index (χ3v) is 4.82. The van der Waals surface area contributed by atoms with Gasteiger partial charge in [-0.25, -0.2) is 0 Å². The van der Waals surface area contributed by atoms with Crippen LogP contribution in [0.2, 0.25) is 0 Å². The van der Waals surface area contributed by atoms with Crippen molar-refractivity contribution in [2.24, 2.45) is 0 Å². The SMILES string of the molecule is CCN[SiH](Cc1ccc(OC)cc1)OCC. The Bertz CT molecular complexity index is 284. The van der Waals surface area contributed by atoms with Gasteiger partial charge >= 0.3 is 0 Å². The van der Waals surface area contributed by atoms with Crippen molar-refractivity contribution in [2.75, 3.05) is 20.3 Å². The zero-order valence-electron chi connectivity index (χ0n) is 10.3. The number of hydrogen-bond acceptors (Lipinski definition) is 3. The Hall–Kier alpha value is -0.843. The van der Waals surface area contributed by atoms with E-state index < -0.39 is 9.20 Å². The van der Waals surface area contributed by atoms with Crippen LogP contribution in [0.15, 0.2) is 24.3 Å². The molecule has 0 fully saturated rings. The van der Waals surface area contributed by atoms with Crippen LogP contribution < -0.4 is 9.72 Å². The van der Waals surface area contributed by atoms with Crippen LogP contribution in [0.1, 0.15) is 19.4 Å². The maximum absolute atomic E-state index is 5.74. The predicted molar refractivity (Wildman–Crippen MR) is 69.1 cm³/mol. The molecular weight excluding hydrogens is 218 g/mol. The van der Waals surface area contributed by atoms with Crippen molar-refractivity contribution in [3.63, 3.8) is 0 Å². The highest BCUT2D eigenvalue weighted by Crippen LogP contribution is 2.12. The monoisotopic (exact) mass is 239 g/mol. The summed E-state index contributed by atoms with van der Waals surface area (Å²) in [5.41, 5.74) is 1.31. The van der Waals surface area contributed by atoms with Crippen LogP contribution in [0.5, 0.6) is 5.75 Å². The van der Waals surface area contributed by atoms with Gasteiger partial charge in [-0.15, -0.1) is 0 Å². The fourth-order valence-electron chi connectivity index (χ4n) is 1.59. The molecule has 0 bridgehead atoms. The molecule has 0 radical (unpaired) electrons. The van der Waals surface area contributed by atoms with Gasteiger partial charge in [-0.3, -0.25) is 0 Å². The molecule has 1 aromatic rings.